The van der Waals surface area contributed by atoms with Gasteiger partial charge in [0.15, 0.2) is 0 Å². The normalized spacial score (nSPS) is 13.5. The van der Waals surface area contributed by atoms with Crippen molar-refractivity contribution in [2.24, 2.45) is 4.99 Å². The minimum absolute atomic E-state index is 0.243. The first kappa shape index (κ1) is 19.0. The second-order valence-corrected chi connectivity index (χ2v) is 6.80. The summed E-state index contributed by atoms with van der Waals surface area (Å²) in [5, 5.41) is 0. The predicted octanol–water partition coefficient (Wildman–Crippen LogP) is 3.62. The molecule has 142 valence electrons. The summed E-state index contributed by atoms with van der Waals surface area (Å²) in [5.41, 5.74) is 5.45. The summed E-state index contributed by atoms with van der Waals surface area (Å²) < 4.78 is 10.4. The average Bonchev–Trinajstić information content (AvgIpc) is 3.06. The van der Waals surface area contributed by atoms with Crippen molar-refractivity contribution >= 4 is 11.8 Å². The number of hydrogen-bond acceptors (Lipinski definition) is 5. The standard InChI is InChI=1S/C22H26N2O3/c1-15-5-7-19(18(11-15)14-24-10-9-23-16(24)2)20-12-17(13-22(25)27-4)6-8-21(20)26-3/h5-8,11-12H,9-10,13-14H2,1-4H3. The van der Waals surface area contributed by atoms with E-state index in [9.17, 15) is 4.79 Å². The number of rotatable bonds is 6. The van der Waals surface area contributed by atoms with Crippen LogP contribution in [0.2, 0.25) is 0 Å². The van der Waals surface area contributed by atoms with Gasteiger partial charge in [0.2, 0.25) is 0 Å². The van der Waals surface area contributed by atoms with Crippen molar-refractivity contribution in [1.82, 2.24) is 4.90 Å². The summed E-state index contributed by atoms with van der Waals surface area (Å²) in [4.78, 5) is 18.5. The molecule has 1 aliphatic rings. The molecule has 3 rings (SSSR count). The molecule has 1 heterocycles. The van der Waals surface area contributed by atoms with Gasteiger partial charge in [0.1, 0.15) is 5.75 Å². The van der Waals surface area contributed by atoms with Crippen LogP contribution in [0.3, 0.4) is 0 Å². The van der Waals surface area contributed by atoms with Gasteiger partial charge in [0.25, 0.3) is 0 Å². The van der Waals surface area contributed by atoms with Crippen LogP contribution in [0.15, 0.2) is 41.4 Å². The Labute approximate surface area is 160 Å². The van der Waals surface area contributed by atoms with E-state index in [-0.39, 0.29) is 12.4 Å². The molecule has 1 aliphatic heterocycles. The minimum atomic E-state index is -0.251. The number of esters is 1. The molecule has 0 radical (unpaired) electrons. The van der Waals surface area contributed by atoms with Gasteiger partial charge in [-0.2, -0.15) is 0 Å². The van der Waals surface area contributed by atoms with Gasteiger partial charge in [-0.05, 0) is 42.7 Å². The van der Waals surface area contributed by atoms with Gasteiger partial charge < -0.3 is 14.4 Å². The summed E-state index contributed by atoms with van der Waals surface area (Å²) in [5.74, 6) is 1.62. The van der Waals surface area contributed by atoms with Crippen molar-refractivity contribution < 1.29 is 14.3 Å². The highest BCUT2D eigenvalue weighted by atomic mass is 16.5. The maximum absolute atomic E-state index is 11.7. The monoisotopic (exact) mass is 366 g/mol. The highest BCUT2D eigenvalue weighted by Gasteiger charge is 2.18. The summed E-state index contributed by atoms with van der Waals surface area (Å²) in [7, 11) is 3.08. The Balaban J connectivity index is 2.03. The minimum Gasteiger partial charge on any atom is -0.496 e. The molecule has 27 heavy (non-hydrogen) atoms. The van der Waals surface area contributed by atoms with Gasteiger partial charge in [-0.1, -0.05) is 29.8 Å². The molecule has 0 aliphatic carbocycles. The van der Waals surface area contributed by atoms with Gasteiger partial charge >= 0.3 is 5.97 Å². The number of aryl methyl sites for hydroxylation is 1. The number of aliphatic imine (C=N–C) groups is 1. The van der Waals surface area contributed by atoms with Crippen LogP contribution in [0.5, 0.6) is 5.75 Å². The molecule has 0 aromatic heterocycles. The number of hydrogen-bond donors (Lipinski definition) is 0. The molecule has 0 bridgehead atoms. The second-order valence-electron chi connectivity index (χ2n) is 6.80. The van der Waals surface area contributed by atoms with Crippen LogP contribution in [-0.2, 0) is 22.5 Å². The Morgan fingerprint density at radius 3 is 2.59 bits per heavy atom. The van der Waals surface area contributed by atoms with Gasteiger partial charge in [-0.3, -0.25) is 9.79 Å². The molecule has 0 atom stereocenters. The van der Waals surface area contributed by atoms with Gasteiger partial charge in [0, 0.05) is 18.7 Å². The molecular weight excluding hydrogens is 340 g/mol. The van der Waals surface area contributed by atoms with E-state index in [2.05, 4.69) is 41.9 Å². The van der Waals surface area contributed by atoms with Crippen molar-refractivity contribution in [2.75, 3.05) is 27.3 Å². The second kappa shape index (κ2) is 8.25. The van der Waals surface area contributed by atoms with E-state index in [1.165, 1.54) is 18.2 Å². The van der Waals surface area contributed by atoms with Crippen LogP contribution in [0.4, 0.5) is 0 Å². The van der Waals surface area contributed by atoms with Crippen molar-refractivity contribution in [1.29, 1.82) is 0 Å². The van der Waals surface area contributed by atoms with E-state index >= 15 is 0 Å². The molecule has 0 N–H and O–H groups in total. The number of carbonyl (C=O) groups excluding carboxylic acids is 1. The molecule has 5 heteroatoms. The Morgan fingerprint density at radius 1 is 1.11 bits per heavy atom. The smallest absolute Gasteiger partial charge is 0.309 e. The van der Waals surface area contributed by atoms with E-state index in [1.54, 1.807) is 7.11 Å². The zero-order valence-corrected chi connectivity index (χ0v) is 16.4. The lowest BCUT2D eigenvalue weighted by Crippen LogP contribution is -2.25. The van der Waals surface area contributed by atoms with Crippen LogP contribution in [0, 0.1) is 6.92 Å². The quantitative estimate of drug-likeness (QED) is 0.733. The number of amidine groups is 1. The Hall–Kier alpha value is -2.82. The summed E-state index contributed by atoms with van der Waals surface area (Å²) >= 11 is 0. The first-order chi connectivity index (χ1) is 13.0. The van der Waals surface area contributed by atoms with Crippen LogP contribution >= 0.6 is 0 Å². The van der Waals surface area contributed by atoms with Crippen molar-refractivity contribution in [3.8, 4) is 16.9 Å². The molecular formula is C22H26N2O3. The average molecular weight is 366 g/mol. The predicted molar refractivity (Wildman–Crippen MR) is 107 cm³/mol. The molecule has 0 amide bonds. The van der Waals surface area contributed by atoms with Gasteiger partial charge in [-0.25, -0.2) is 0 Å². The topological polar surface area (TPSA) is 51.1 Å². The Bertz CT molecular complexity index is 874. The number of methoxy groups -OCH3 is 2. The third-order valence-corrected chi connectivity index (χ3v) is 4.92. The van der Waals surface area contributed by atoms with E-state index in [0.717, 1.165) is 47.9 Å². The summed E-state index contributed by atoms with van der Waals surface area (Å²) in [6, 6.07) is 12.3. The molecule has 5 nitrogen and oxygen atoms in total. The lowest BCUT2D eigenvalue weighted by atomic mass is 9.94. The highest BCUT2D eigenvalue weighted by Crippen LogP contribution is 2.35. The van der Waals surface area contributed by atoms with Gasteiger partial charge in [0.05, 0.1) is 33.0 Å². The van der Waals surface area contributed by atoms with Crippen LogP contribution < -0.4 is 4.74 Å². The Morgan fingerprint density at radius 2 is 1.93 bits per heavy atom. The lowest BCUT2D eigenvalue weighted by Gasteiger charge is -2.22. The Kier molecular flexibility index (Phi) is 5.79. The SMILES string of the molecule is COC(=O)Cc1ccc(OC)c(-c2ccc(C)cc2CN2CCN=C2C)c1. The zero-order chi connectivity index (χ0) is 19.4. The molecule has 0 unspecified atom stereocenters. The van der Waals surface area contributed by atoms with Crippen molar-refractivity contribution in [3.63, 3.8) is 0 Å². The molecule has 0 saturated heterocycles. The number of carbonyl (C=O) groups is 1. The summed E-state index contributed by atoms with van der Waals surface area (Å²) in [6.45, 7) is 6.75. The maximum Gasteiger partial charge on any atom is 0.309 e. The fourth-order valence-corrected chi connectivity index (χ4v) is 3.42. The molecule has 0 saturated carbocycles. The zero-order valence-electron chi connectivity index (χ0n) is 16.4. The number of nitrogens with zero attached hydrogens (tertiary/aromatic N) is 2. The van der Waals surface area contributed by atoms with Crippen LogP contribution in [0.1, 0.15) is 23.6 Å². The van der Waals surface area contributed by atoms with E-state index in [0.29, 0.717) is 0 Å². The largest absolute Gasteiger partial charge is 0.496 e. The molecule has 0 fully saturated rings. The highest BCUT2D eigenvalue weighted by molar-refractivity contribution is 5.82. The van der Waals surface area contributed by atoms with Crippen LogP contribution in [0.25, 0.3) is 11.1 Å². The van der Waals surface area contributed by atoms with E-state index in [1.807, 2.05) is 18.2 Å². The summed E-state index contributed by atoms with van der Waals surface area (Å²) in [6.07, 6.45) is 0.243. The molecule has 2 aromatic rings. The maximum atomic E-state index is 11.7. The van der Waals surface area contributed by atoms with Crippen molar-refractivity contribution in [2.45, 2.75) is 26.8 Å². The lowest BCUT2D eigenvalue weighted by molar-refractivity contribution is -0.139. The van der Waals surface area contributed by atoms with E-state index in [4.69, 9.17) is 9.47 Å². The third-order valence-electron chi connectivity index (χ3n) is 4.92. The molecule has 0 spiro atoms. The first-order valence-electron chi connectivity index (χ1n) is 9.11. The first-order valence-corrected chi connectivity index (χ1v) is 9.11. The third kappa shape index (κ3) is 4.30. The fraction of sp³-hybridized carbons (Fsp3) is 0.364. The van der Waals surface area contributed by atoms with E-state index < -0.39 is 0 Å². The number of benzene rings is 2. The van der Waals surface area contributed by atoms with Gasteiger partial charge in [-0.15, -0.1) is 0 Å². The van der Waals surface area contributed by atoms with Crippen LogP contribution in [-0.4, -0.2) is 44.0 Å². The molecule has 2 aromatic carbocycles. The van der Waals surface area contributed by atoms with Crippen molar-refractivity contribution in [3.05, 3.63) is 53.1 Å². The number of ether oxygens (including phenoxy) is 2. The fourth-order valence-electron chi connectivity index (χ4n) is 3.42.